The highest BCUT2D eigenvalue weighted by Crippen LogP contribution is 2.35. The van der Waals surface area contributed by atoms with Gasteiger partial charge in [-0.25, -0.2) is 0 Å². The molecule has 0 aliphatic rings. The number of benzene rings is 1. The fourth-order valence-electron chi connectivity index (χ4n) is 1.77. The van der Waals surface area contributed by atoms with Gasteiger partial charge in [-0.05, 0) is 37.0 Å². The van der Waals surface area contributed by atoms with Crippen molar-refractivity contribution >= 4 is 11.5 Å². The summed E-state index contributed by atoms with van der Waals surface area (Å²) in [7, 11) is 0. The topological polar surface area (TPSA) is 45.9 Å². The molecule has 19 heavy (non-hydrogen) atoms. The lowest BCUT2D eigenvalue weighted by Crippen LogP contribution is -1.92. The Labute approximate surface area is 117 Å². The first-order valence-electron chi connectivity index (χ1n) is 6.17. The summed E-state index contributed by atoms with van der Waals surface area (Å²) in [5.74, 6) is 1.01. The zero-order valence-electron chi connectivity index (χ0n) is 11.5. The summed E-state index contributed by atoms with van der Waals surface area (Å²) in [6, 6.07) is 8.24. The smallest absolute Gasteiger partial charge is 0.218 e. The van der Waals surface area contributed by atoms with E-state index in [9.17, 15) is 5.26 Å². The second-order valence-corrected chi connectivity index (χ2v) is 5.60. The first kappa shape index (κ1) is 13.6. The van der Waals surface area contributed by atoms with Crippen LogP contribution in [0, 0.1) is 25.2 Å². The summed E-state index contributed by atoms with van der Waals surface area (Å²) in [6.07, 6.45) is 0. The van der Waals surface area contributed by atoms with Crippen molar-refractivity contribution < 1.29 is 4.74 Å². The van der Waals surface area contributed by atoms with Gasteiger partial charge in [0, 0.05) is 11.5 Å². The molecule has 0 amide bonds. The first-order valence-corrected chi connectivity index (χ1v) is 6.95. The maximum absolute atomic E-state index is 9.28. The number of hydrogen-bond donors (Lipinski definition) is 0. The average Bonchev–Trinajstić information content (AvgIpc) is 2.76. The van der Waals surface area contributed by atoms with E-state index in [1.807, 2.05) is 45.9 Å². The molecular formula is C15H16N2OS. The Morgan fingerprint density at radius 1 is 1.32 bits per heavy atom. The van der Waals surface area contributed by atoms with Gasteiger partial charge >= 0.3 is 0 Å². The van der Waals surface area contributed by atoms with Gasteiger partial charge in [-0.2, -0.15) is 9.64 Å². The number of nitrogens with zero attached hydrogens (tertiary/aromatic N) is 2. The molecule has 2 aromatic rings. The van der Waals surface area contributed by atoms with E-state index in [4.69, 9.17) is 4.74 Å². The minimum Gasteiger partial charge on any atom is -0.443 e. The van der Waals surface area contributed by atoms with Crippen LogP contribution in [0.25, 0.3) is 0 Å². The largest absolute Gasteiger partial charge is 0.443 e. The van der Waals surface area contributed by atoms with Gasteiger partial charge < -0.3 is 4.74 Å². The van der Waals surface area contributed by atoms with Crippen molar-refractivity contribution in [3.8, 4) is 16.9 Å². The third-order valence-corrected chi connectivity index (χ3v) is 3.63. The Morgan fingerprint density at radius 3 is 2.68 bits per heavy atom. The minimum absolute atomic E-state index is 0.224. The molecule has 0 aliphatic heterocycles. The van der Waals surface area contributed by atoms with Gasteiger partial charge in [0.25, 0.3) is 0 Å². The predicted octanol–water partition coefficient (Wildman–Crippen LogP) is 4.55. The Balaban J connectivity index is 2.39. The molecule has 0 fully saturated rings. The monoisotopic (exact) mass is 272 g/mol. The molecule has 0 unspecified atom stereocenters. The van der Waals surface area contributed by atoms with Crippen molar-refractivity contribution in [2.24, 2.45) is 0 Å². The van der Waals surface area contributed by atoms with Crippen LogP contribution in [0.1, 0.15) is 42.1 Å². The molecule has 0 saturated carbocycles. The summed E-state index contributed by atoms with van der Waals surface area (Å²) in [4.78, 5) is 0. The summed E-state index contributed by atoms with van der Waals surface area (Å²) >= 11 is 1.24. The van der Waals surface area contributed by atoms with Crippen molar-refractivity contribution in [3.05, 3.63) is 40.6 Å². The lowest BCUT2D eigenvalue weighted by molar-refractivity contribution is 0.490. The highest BCUT2D eigenvalue weighted by Gasteiger charge is 2.18. The van der Waals surface area contributed by atoms with Crippen LogP contribution in [-0.4, -0.2) is 4.37 Å². The van der Waals surface area contributed by atoms with E-state index in [1.54, 1.807) is 0 Å². The van der Waals surface area contributed by atoms with Gasteiger partial charge in [0.1, 0.15) is 17.4 Å². The summed E-state index contributed by atoms with van der Waals surface area (Å²) < 4.78 is 10.2. The third-order valence-electron chi connectivity index (χ3n) is 2.89. The number of ether oxygens (including phenoxy) is 1. The molecule has 1 aromatic carbocycles. The van der Waals surface area contributed by atoms with Crippen LogP contribution < -0.4 is 4.74 Å². The molecule has 1 aromatic heterocycles. The van der Waals surface area contributed by atoms with Crippen LogP contribution >= 0.6 is 11.5 Å². The van der Waals surface area contributed by atoms with E-state index in [0.717, 1.165) is 22.6 Å². The van der Waals surface area contributed by atoms with E-state index in [1.165, 1.54) is 11.5 Å². The second kappa shape index (κ2) is 5.41. The van der Waals surface area contributed by atoms with Crippen molar-refractivity contribution in [1.82, 2.24) is 4.37 Å². The van der Waals surface area contributed by atoms with Crippen LogP contribution in [0.5, 0.6) is 10.8 Å². The number of rotatable bonds is 3. The van der Waals surface area contributed by atoms with Crippen LogP contribution in [-0.2, 0) is 0 Å². The van der Waals surface area contributed by atoms with Crippen molar-refractivity contribution in [1.29, 1.82) is 5.26 Å². The summed E-state index contributed by atoms with van der Waals surface area (Å²) in [5.41, 5.74) is 3.55. The van der Waals surface area contributed by atoms with Gasteiger partial charge in [-0.3, -0.25) is 0 Å². The Bertz CT molecular complexity index is 638. The lowest BCUT2D eigenvalue weighted by Gasteiger charge is -2.08. The van der Waals surface area contributed by atoms with E-state index >= 15 is 0 Å². The van der Waals surface area contributed by atoms with Gasteiger partial charge in [-0.1, -0.05) is 26.0 Å². The zero-order chi connectivity index (χ0) is 14.0. The third kappa shape index (κ3) is 2.77. The number of aryl methyl sites for hydroxylation is 2. The molecule has 1 heterocycles. The van der Waals surface area contributed by atoms with Gasteiger partial charge in [0.15, 0.2) is 0 Å². The minimum atomic E-state index is 0.224. The molecule has 3 nitrogen and oxygen atoms in total. The molecule has 0 atom stereocenters. The number of hydrogen-bond acceptors (Lipinski definition) is 4. The van der Waals surface area contributed by atoms with Crippen LogP contribution in [0.15, 0.2) is 18.2 Å². The fourth-order valence-corrected chi connectivity index (χ4v) is 2.62. The maximum Gasteiger partial charge on any atom is 0.218 e. The molecular weight excluding hydrogens is 256 g/mol. The van der Waals surface area contributed by atoms with E-state index in [0.29, 0.717) is 10.6 Å². The molecule has 0 N–H and O–H groups in total. The fraction of sp³-hybridized carbons (Fsp3) is 0.333. The molecule has 0 saturated heterocycles. The summed E-state index contributed by atoms with van der Waals surface area (Å²) in [6.45, 7) is 8.06. The first-order chi connectivity index (χ1) is 9.02. The molecule has 0 bridgehead atoms. The van der Waals surface area contributed by atoms with Gasteiger partial charge in [0.05, 0.1) is 5.69 Å². The number of aromatic nitrogens is 1. The SMILES string of the molecule is Cc1ccc(C)c(Oc2snc(C(C)C)c2C#N)c1. The average molecular weight is 272 g/mol. The standard InChI is InChI=1S/C15H16N2OS/c1-9(2)14-12(8-16)15(19-17-14)18-13-7-10(3)5-6-11(13)4/h5-7,9H,1-4H3. The Kier molecular flexibility index (Phi) is 3.87. The summed E-state index contributed by atoms with van der Waals surface area (Å²) in [5, 5.41) is 9.86. The van der Waals surface area contributed by atoms with Gasteiger partial charge in [-0.15, -0.1) is 0 Å². The zero-order valence-corrected chi connectivity index (χ0v) is 12.3. The predicted molar refractivity (Wildman–Crippen MR) is 76.9 cm³/mol. The maximum atomic E-state index is 9.28. The van der Waals surface area contributed by atoms with Crippen LogP contribution in [0.2, 0.25) is 0 Å². The van der Waals surface area contributed by atoms with Gasteiger partial charge in [0.2, 0.25) is 5.06 Å². The van der Waals surface area contributed by atoms with Crippen LogP contribution in [0.4, 0.5) is 0 Å². The lowest BCUT2D eigenvalue weighted by atomic mass is 10.1. The number of nitriles is 1. The second-order valence-electron chi connectivity index (χ2n) is 4.87. The Morgan fingerprint density at radius 2 is 2.05 bits per heavy atom. The molecule has 4 heteroatoms. The molecule has 0 spiro atoms. The van der Waals surface area contributed by atoms with E-state index < -0.39 is 0 Å². The van der Waals surface area contributed by atoms with Crippen LogP contribution in [0.3, 0.4) is 0 Å². The van der Waals surface area contributed by atoms with E-state index in [2.05, 4.69) is 10.4 Å². The normalized spacial score (nSPS) is 10.5. The highest BCUT2D eigenvalue weighted by molar-refractivity contribution is 7.08. The molecule has 98 valence electrons. The van der Waals surface area contributed by atoms with Crippen molar-refractivity contribution in [2.45, 2.75) is 33.6 Å². The Hall–Kier alpha value is -1.86. The molecule has 2 rings (SSSR count). The highest BCUT2D eigenvalue weighted by atomic mass is 32.1. The van der Waals surface area contributed by atoms with Crippen molar-refractivity contribution in [2.75, 3.05) is 0 Å². The van der Waals surface area contributed by atoms with E-state index in [-0.39, 0.29) is 5.92 Å². The molecule has 0 aliphatic carbocycles. The quantitative estimate of drug-likeness (QED) is 0.823. The molecule has 0 radical (unpaired) electrons. The van der Waals surface area contributed by atoms with Crippen molar-refractivity contribution in [3.63, 3.8) is 0 Å².